The number of fused-ring (bicyclic) bond motifs is 1. The van der Waals surface area contributed by atoms with Crippen LogP contribution in [0.4, 0.5) is 21.0 Å². The zero-order valence-electron chi connectivity index (χ0n) is 32.1. The van der Waals surface area contributed by atoms with Crippen molar-refractivity contribution in [1.82, 2.24) is 30.4 Å². The molecule has 0 unspecified atom stereocenters. The van der Waals surface area contributed by atoms with Crippen LogP contribution in [0.25, 0.3) is 17.0 Å². The van der Waals surface area contributed by atoms with E-state index in [-0.39, 0.29) is 43.3 Å². The number of nitrogens with zero attached hydrogens (tertiary/aromatic N) is 3. The maximum atomic E-state index is 12.8. The van der Waals surface area contributed by atoms with E-state index in [1.54, 1.807) is 18.2 Å². The molecule has 14 nitrogen and oxygen atoms in total. The number of carbonyl (C=O) groups excluding carboxylic acids is 4. The fraction of sp³-hybridized carbons (Fsp3) is 0.632. The molecule has 0 bridgehead atoms. The van der Waals surface area contributed by atoms with Gasteiger partial charge >= 0.3 is 24.0 Å². The molecule has 0 radical (unpaired) electrons. The van der Waals surface area contributed by atoms with Gasteiger partial charge in [-0.25, -0.2) is 9.59 Å². The van der Waals surface area contributed by atoms with Gasteiger partial charge in [0.2, 0.25) is 0 Å². The normalized spacial score (nSPS) is 11.4. The lowest BCUT2D eigenvalue weighted by molar-refractivity contribution is -0.144. The highest BCUT2D eigenvalue weighted by Gasteiger charge is 2.25. The highest BCUT2D eigenvalue weighted by Crippen LogP contribution is 2.33. The Morgan fingerprint density at radius 2 is 1.19 bits per heavy atom. The molecule has 4 amide bonds. The van der Waals surface area contributed by atoms with E-state index in [9.17, 15) is 19.2 Å². The van der Waals surface area contributed by atoms with Gasteiger partial charge in [-0.1, -0.05) is 110 Å². The minimum absolute atomic E-state index is 0.0341. The van der Waals surface area contributed by atoms with Gasteiger partial charge in [-0.05, 0) is 31.0 Å². The molecule has 0 aliphatic rings. The minimum Gasteiger partial charge on any atom is -0.466 e. The van der Waals surface area contributed by atoms with E-state index in [1.165, 1.54) is 43.2 Å². The molecule has 294 valence electrons. The van der Waals surface area contributed by atoms with E-state index in [4.69, 9.17) is 21.1 Å². The first-order chi connectivity index (χ1) is 25.4. The molecule has 3 aromatic rings. The summed E-state index contributed by atoms with van der Waals surface area (Å²) in [4.78, 5) is 53.1. The highest BCUT2D eigenvalue weighted by atomic mass is 35.5. The Morgan fingerprint density at radius 3 is 1.64 bits per heavy atom. The van der Waals surface area contributed by atoms with Gasteiger partial charge < -0.3 is 35.7 Å². The third-order valence-electron chi connectivity index (χ3n) is 8.43. The van der Waals surface area contributed by atoms with E-state index in [0.29, 0.717) is 52.3 Å². The first-order valence-corrected chi connectivity index (χ1v) is 19.5. The van der Waals surface area contributed by atoms with Gasteiger partial charge in [0, 0.05) is 35.4 Å². The van der Waals surface area contributed by atoms with Gasteiger partial charge in [0.1, 0.15) is 5.02 Å². The van der Waals surface area contributed by atoms with Gasteiger partial charge in [-0.15, -0.1) is 9.73 Å². The summed E-state index contributed by atoms with van der Waals surface area (Å²) in [5.41, 5.74) is 2.09. The number of benzene rings is 1. The smallest absolute Gasteiger partial charge is 0.319 e. The molecule has 0 fully saturated rings. The number of ether oxygens (including phenoxy) is 2. The Kier molecular flexibility index (Phi) is 18.4. The Hall–Kier alpha value is -4.33. The van der Waals surface area contributed by atoms with Crippen molar-refractivity contribution in [3.05, 3.63) is 28.9 Å². The Morgan fingerprint density at radius 1 is 0.717 bits per heavy atom. The van der Waals surface area contributed by atoms with Crippen LogP contribution in [0, 0.1) is 0 Å². The molecule has 1 aromatic carbocycles. The number of nitrogens with one attached hydrogen (secondary N) is 5. The summed E-state index contributed by atoms with van der Waals surface area (Å²) in [6.07, 6.45) is 13.2. The number of unbranched alkanes of at least 4 members (excludes halogenated alkanes) is 10. The van der Waals surface area contributed by atoms with Crippen LogP contribution in [-0.2, 0) is 24.5 Å². The number of hydrogen-bond acceptors (Lipinski definition) is 8. The second-order valence-corrected chi connectivity index (χ2v) is 14.6. The third kappa shape index (κ3) is 15.7. The number of amides is 4. The molecule has 15 heteroatoms. The topological polar surface area (TPSA) is 181 Å². The lowest BCUT2D eigenvalue weighted by Gasteiger charge is -2.14. The predicted octanol–water partition coefficient (Wildman–Crippen LogP) is 8.51. The Balaban J connectivity index is 1.59. The first kappa shape index (κ1) is 43.1. The number of esters is 2. The summed E-state index contributed by atoms with van der Waals surface area (Å²) in [5.74, 6) is -0.357. The van der Waals surface area contributed by atoms with Crippen LogP contribution in [-0.4, -0.2) is 70.1 Å². The van der Waals surface area contributed by atoms with Gasteiger partial charge in [0.05, 0.1) is 31.7 Å². The van der Waals surface area contributed by atoms with Crippen molar-refractivity contribution in [2.45, 2.75) is 130 Å². The van der Waals surface area contributed by atoms with Crippen LogP contribution < -0.4 is 21.3 Å². The van der Waals surface area contributed by atoms with Crippen LogP contribution in [0.5, 0.6) is 0 Å². The van der Waals surface area contributed by atoms with Crippen LogP contribution in [0.1, 0.15) is 130 Å². The molecular weight excluding hydrogens is 700 g/mol. The molecule has 0 saturated heterocycles. The third-order valence-corrected chi connectivity index (χ3v) is 8.78. The fourth-order valence-electron chi connectivity index (χ4n) is 5.50. The van der Waals surface area contributed by atoms with E-state index < -0.39 is 12.1 Å². The molecule has 53 heavy (non-hydrogen) atoms. The fourth-order valence-corrected chi connectivity index (χ4v) is 5.95. The van der Waals surface area contributed by atoms with Crippen molar-refractivity contribution < 1.29 is 28.7 Å². The quantitative estimate of drug-likeness (QED) is 0.0471. The second kappa shape index (κ2) is 22.7. The molecule has 0 spiro atoms. The summed E-state index contributed by atoms with van der Waals surface area (Å²) in [6, 6.07) is 3.83. The monoisotopic (exact) mass is 758 g/mol. The number of aromatic amines is 1. The van der Waals surface area contributed by atoms with Gasteiger partial charge in [0.25, 0.3) is 0 Å². The van der Waals surface area contributed by atoms with Crippen molar-refractivity contribution in [1.29, 1.82) is 0 Å². The number of H-pyrrole nitrogens is 1. The van der Waals surface area contributed by atoms with Gasteiger partial charge in [-0.3, -0.25) is 9.59 Å². The average Bonchev–Trinajstić information content (AvgIpc) is 3.66. The molecule has 3 rings (SSSR count). The largest absolute Gasteiger partial charge is 0.466 e. The SMILES string of the molecule is CCCCCCCCOC(=O)CCNC(=O)Nc1cc(NC(=O)NCCC(=O)OCCCCCCCC)cc(-c2nn3nc(C(C)(C)C)c(Cl)c3[nH]2)c1. The number of halogens is 1. The van der Waals surface area contributed by atoms with E-state index >= 15 is 0 Å². The van der Waals surface area contributed by atoms with Crippen LogP contribution in [0.15, 0.2) is 18.2 Å². The first-order valence-electron chi connectivity index (χ1n) is 19.1. The van der Waals surface area contributed by atoms with Crippen LogP contribution in [0.2, 0.25) is 5.02 Å². The van der Waals surface area contributed by atoms with E-state index in [0.717, 1.165) is 38.5 Å². The highest BCUT2D eigenvalue weighted by molar-refractivity contribution is 6.34. The molecule has 5 N–H and O–H groups in total. The number of anilines is 2. The van der Waals surface area contributed by atoms with Crippen LogP contribution in [0.3, 0.4) is 0 Å². The number of carbonyl (C=O) groups is 4. The van der Waals surface area contributed by atoms with Crippen LogP contribution >= 0.6 is 11.6 Å². The molecule has 2 aromatic heterocycles. The second-order valence-electron chi connectivity index (χ2n) is 14.3. The molecular formula is C38H59ClN8O6. The number of rotatable bonds is 23. The maximum absolute atomic E-state index is 12.8. The summed E-state index contributed by atoms with van der Waals surface area (Å²) in [5, 5.41) is 20.4. The lowest BCUT2D eigenvalue weighted by atomic mass is 9.92. The molecule has 0 aliphatic carbocycles. The van der Waals surface area contributed by atoms with Crippen molar-refractivity contribution in [3.8, 4) is 11.4 Å². The molecule has 0 aliphatic heterocycles. The number of hydrogen-bond donors (Lipinski definition) is 5. The summed E-state index contributed by atoms with van der Waals surface area (Å²) >= 11 is 6.65. The van der Waals surface area contributed by atoms with Gasteiger partial charge in [0.15, 0.2) is 11.5 Å². The number of urea groups is 2. The Labute approximate surface area is 318 Å². The average molecular weight is 759 g/mol. The number of aromatic nitrogens is 4. The summed E-state index contributed by atoms with van der Waals surface area (Å²) in [6.45, 7) is 11.3. The molecule has 0 atom stereocenters. The molecule has 2 heterocycles. The zero-order chi connectivity index (χ0) is 38.6. The van der Waals surface area contributed by atoms with Crippen molar-refractivity contribution in [2.75, 3.05) is 36.9 Å². The van der Waals surface area contributed by atoms with Crippen molar-refractivity contribution >= 4 is 52.6 Å². The van der Waals surface area contributed by atoms with E-state index in [2.05, 4.69) is 50.3 Å². The maximum Gasteiger partial charge on any atom is 0.319 e. The zero-order valence-corrected chi connectivity index (χ0v) is 32.9. The van der Waals surface area contributed by atoms with Crippen molar-refractivity contribution in [2.24, 2.45) is 0 Å². The Bertz CT molecular complexity index is 1550. The van der Waals surface area contributed by atoms with Gasteiger partial charge in [-0.2, -0.15) is 5.10 Å². The van der Waals surface area contributed by atoms with Crippen molar-refractivity contribution in [3.63, 3.8) is 0 Å². The standard InChI is InChI=1S/C38H59ClN8O6/c1-6-8-10-12-14-16-22-52-30(48)18-20-40-36(50)42-28-24-27(34-44-35-32(39)33(38(3,4)5)45-47(35)46-34)25-29(26-28)43-37(51)41-21-19-31(49)53-23-17-15-13-11-9-7-2/h24-26H,6-23H2,1-5H3,(H,44,46)(H2,40,42,50)(H2,41,43,51). The lowest BCUT2D eigenvalue weighted by Crippen LogP contribution is -2.31. The summed E-state index contributed by atoms with van der Waals surface area (Å²) < 4.78 is 12.0. The minimum atomic E-state index is -0.548. The predicted molar refractivity (Wildman–Crippen MR) is 208 cm³/mol. The summed E-state index contributed by atoms with van der Waals surface area (Å²) in [7, 11) is 0. The van der Waals surface area contributed by atoms with E-state index in [1.807, 2.05) is 20.8 Å². The molecule has 0 saturated carbocycles.